The van der Waals surface area contributed by atoms with Crippen LogP contribution in [0.25, 0.3) is 0 Å². The molecule has 0 saturated heterocycles. The fourth-order valence-electron chi connectivity index (χ4n) is 0.914. The molecule has 0 fully saturated rings. The second kappa shape index (κ2) is 3.41. The number of rotatable bonds is 0. The first-order chi connectivity index (χ1) is 4.68. The van der Waals surface area contributed by atoms with E-state index in [1.54, 1.807) is 0 Å². The third-order valence-corrected chi connectivity index (χ3v) is 2.02. The highest BCUT2D eigenvalue weighted by Gasteiger charge is 1.97. The maximum atomic E-state index is 4.26. The first-order valence-electron chi connectivity index (χ1n) is 3.24. The maximum absolute atomic E-state index is 4.26. The lowest BCUT2D eigenvalue weighted by molar-refractivity contribution is 0.939. The highest BCUT2D eigenvalue weighted by Crippen LogP contribution is 2.20. The monoisotopic (exact) mass is 170 g/mol. The molecule has 10 heavy (non-hydrogen) atoms. The van der Waals surface area contributed by atoms with Crippen molar-refractivity contribution >= 4 is 21.9 Å². The van der Waals surface area contributed by atoms with Crippen molar-refractivity contribution in [2.45, 2.75) is 6.92 Å². The van der Waals surface area contributed by atoms with Crippen molar-refractivity contribution in [2.75, 3.05) is 0 Å². The van der Waals surface area contributed by atoms with Crippen LogP contribution in [0.1, 0.15) is 6.92 Å². The van der Waals surface area contributed by atoms with Crippen LogP contribution in [0, 0.1) is 5.92 Å². The van der Waals surface area contributed by atoms with Crippen LogP contribution in [0.5, 0.6) is 0 Å². The first-order valence-corrected chi connectivity index (χ1v) is 4.27. The van der Waals surface area contributed by atoms with Crippen molar-refractivity contribution in [3.63, 3.8) is 0 Å². The van der Waals surface area contributed by atoms with Crippen molar-refractivity contribution in [1.29, 1.82) is 0 Å². The van der Waals surface area contributed by atoms with Gasteiger partial charge in [0, 0.05) is 4.91 Å². The highest BCUT2D eigenvalue weighted by molar-refractivity contribution is 7.84. The van der Waals surface area contributed by atoms with Crippen LogP contribution >= 0.6 is 21.9 Å². The van der Waals surface area contributed by atoms with Gasteiger partial charge in [0.1, 0.15) is 0 Å². The fraction of sp³-hybridized carbons (Fsp3) is 0.250. The number of hydrogen-bond donors (Lipinski definition) is 1. The molecule has 1 aliphatic rings. The molecular weight excluding hydrogens is 159 g/mol. The summed E-state index contributed by atoms with van der Waals surface area (Å²) in [5.74, 6) is 0.495. The molecule has 0 bridgehead atoms. The lowest BCUT2D eigenvalue weighted by atomic mass is 10.2. The van der Waals surface area contributed by atoms with Gasteiger partial charge in [0.15, 0.2) is 0 Å². The van der Waals surface area contributed by atoms with Gasteiger partial charge in [-0.3, -0.25) is 0 Å². The molecule has 0 aromatic heterocycles. The molecule has 0 spiro atoms. The molecule has 0 heterocycles. The molecule has 54 valence electrons. The lowest BCUT2D eigenvalue weighted by Gasteiger charge is -1.96. The average Bonchev–Trinajstić information content (AvgIpc) is 1.93. The average molecular weight is 170 g/mol. The Kier molecular flexibility index (Phi) is 2.76. The molecule has 0 saturated carbocycles. The van der Waals surface area contributed by atoms with E-state index < -0.39 is 0 Å². The van der Waals surface area contributed by atoms with E-state index in [2.05, 4.69) is 40.9 Å². The van der Waals surface area contributed by atoms with E-state index in [1.807, 2.05) is 12.2 Å². The van der Waals surface area contributed by atoms with Crippen molar-refractivity contribution in [3.8, 4) is 0 Å². The second-order valence-corrected chi connectivity index (χ2v) is 3.63. The van der Waals surface area contributed by atoms with Crippen molar-refractivity contribution in [1.82, 2.24) is 0 Å². The molecular formula is C8H11PS. The summed E-state index contributed by atoms with van der Waals surface area (Å²) in [4.78, 5) is 1.04. The highest BCUT2D eigenvalue weighted by atomic mass is 32.1. The van der Waals surface area contributed by atoms with Gasteiger partial charge >= 0.3 is 0 Å². The van der Waals surface area contributed by atoms with Crippen LogP contribution < -0.4 is 0 Å². The Morgan fingerprint density at radius 2 is 2.10 bits per heavy atom. The van der Waals surface area contributed by atoms with E-state index in [9.17, 15) is 0 Å². The number of thiol groups is 1. The van der Waals surface area contributed by atoms with Crippen LogP contribution in [-0.4, -0.2) is 0 Å². The molecule has 2 atom stereocenters. The van der Waals surface area contributed by atoms with Crippen LogP contribution in [0.2, 0.25) is 0 Å². The molecule has 0 aromatic carbocycles. The molecule has 0 aromatic rings. The molecule has 0 aliphatic heterocycles. The molecule has 1 aliphatic carbocycles. The zero-order chi connectivity index (χ0) is 7.56. The van der Waals surface area contributed by atoms with E-state index in [4.69, 9.17) is 0 Å². The Morgan fingerprint density at radius 1 is 1.40 bits per heavy atom. The second-order valence-electron chi connectivity index (χ2n) is 2.45. The quantitative estimate of drug-likeness (QED) is 0.419. The van der Waals surface area contributed by atoms with E-state index in [1.165, 1.54) is 5.31 Å². The van der Waals surface area contributed by atoms with Crippen LogP contribution in [0.4, 0.5) is 0 Å². The summed E-state index contributed by atoms with van der Waals surface area (Å²) in [6.07, 6.45) is 8.36. The minimum atomic E-state index is 0.495. The van der Waals surface area contributed by atoms with E-state index >= 15 is 0 Å². The molecule has 1 rings (SSSR count). The van der Waals surface area contributed by atoms with Crippen LogP contribution in [0.3, 0.4) is 0 Å². The maximum Gasteiger partial charge on any atom is 0.000606 e. The first kappa shape index (κ1) is 8.10. The summed E-state index contributed by atoms with van der Waals surface area (Å²) >= 11 is 4.26. The summed E-state index contributed by atoms with van der Waals surface area (Å²) in [6.45, 7) is 2.15. The van der Waals surface area contributed by atoms with Gasteiger partial charge in [-0.15, -0.1) is 21.9 Å². The van der Waals surface area contributed by atoms with Gasteiger partial charge in [0.2, 0.25) is 0 Å². The van der Waals surface area contributed by atoms with Gasteiger partial charge in [-0.1, -0.05) is 25.2 Å². The Balaban J connectivity index is 2.87. The SMILES string of the molecule is CC1C=C(P)C=CC(S)=C1. The molecule has 0 nitrogen and oxygen atoms in total. The van der Waals surface area contributed by atoms with Crippen LogP contribution in [-0.2, 0) is 0 Å². The Labute approximate surface area is 69.7 Å². The predicted octanol–water partition coefficient (Wildman–Crippen LogP) is 2.77. The molecule has 0 amide bonds. The number of hydrogen-bond acceptors (Lipinski definition) is 1. The summed E-state index contributed by atoms with van der Waals surface area (Å²) < 4.78 is 0. The Bertz CT molecular complexity index is 191. The molecule has 2 unspecified atom stereocenters. The molecule has 0 N–H and O–H groups in total. The standard InChI is InChI=1S/C8H11PS/c1-6-4-7(9)2-3-8(10)5-6/h2-6,10H,9H2,1H3. The van der Waals surface area contributed by atoms with Crippen molar-refractivity contribution < 1.29 is 0 Å². The third-order valence-electron chi connectivity index (χ3n) is 1.34. The minimum Gasteiger partial charge on any atom is -0.144 e. The summed E-state index contributed by atoms with van der Waals surface area (Å²) in [6, 6.07) is 0. The molecule has 0 radical (unpaired) electrons. The normalized spacial score (nSPS) is 25.3. The van der Waals surface area contributed by atoms with Gasteiger partial charge in [-0.25, -0.2) is 0 Å². The third kappa shape index (κ3) is 2.32. The van der Waals surface area contributed by atoms with Crippen molar-refractivity contribution in [3.05, 3.63) is 34.5 Å². The lowest BCUT2D eigenvalue weighted by Crippen LogP contribution is -1.81. The van der Waals surface area contributed by atoms with E-state index in [-0.39, 0.29) is 0 Å². The van der Waals surface area contributed by atoms with Gasteiger partial charge in [0.25, 0.3) is 0 Å². The Morgan fingerprint density at radius 3 is 2.80 bits per heavy atom. The van der Waals surface area contributed by atoms with E-state index in [0.29, 0.717) is 5.92 Å². The molecule has 2 heteroatoms. The summed E-state index contributed by atoms with van der Waals surface area (Å²) in [7, 11) is 2.69. The zero-order valence-corrected chi connectivity index (χ0v) is 7.96. The van der Waals surface area contributed by atoms with Gasteiger partial charge in [0.05, 0.1) is 0 Å². The topological polar surface area (TPSA) is 0 Å². The number of allylic oxidation sites excluding steroid dienone is 5. The van der Waals surface area contributed by atoms with Crippen molar-refractivity contribution in [2.24, 2.45) is 5.92 Å². The van der Waals surface area contributed by atoms with E-state index in [0.717, 1.165) is 4.91 Å². The minimum absolute atomic E-state index is 0.495. The fourth-order valence-corrected chi connectivity index (χ4v) is 1.62. The zero-order valence-electron chi connectivity index (χ0n) is 5.91. The van der Waals surface area contributed by atoms with Crippen LogP contribution in [0.15, 0.2) is 34.5 Å². The smallest absolute Gasteiger partial charge is 0.000606 e. The summed E-state index contributed by atoms with van der Waals surface area (Å²) in [5, 5.41) is 1.23. The van der Waals surface area contributed by atoms with Gasteiger partial charge in [-0.05, 0) is 17.3 Å². The van der Waals surface area contributed by atoms with Gasteiger partial charge < -0.3 is 0 Å². The summed E-state index contributed by atoms with van der Waals surface area (Å²) in [5.41, 5.74) is 0. The van der Waals surface area contributed by atoms with Gasteiger partial charge in [-0.2, -0.15) is 0 Å². The predicted molar refractivity (Wildman–Crippen MR) is 53.2 cm³/mol. The Hall–Kier alpha value is -0.0000000000000000555. The largest absolute Gasteiger partial charge is 0.144 e.